The van der Waals surface area contributed by atoms with Gasteiger partial charge in [-0.3, -0.25) is 0 Å². The van der Waals surface area contributed by atoms with Crippen LogP contribution in [0.4, 0.5) is 5.82 Å². The lowest BCUT2D eigenvalue weighted by molar-refractivity contribution is 0.0381. The number of anilines is 1. The first-order chi connectivity index (χ1) is 8.23. The van der Waals surface area contributed by atoms with Crippen LogP contribution in [-0.4, -0.2) is 42.1 Å². The van der Waals surface area contributed by atoms with Crippen molar-refractivity contribution in [2.24, 2.45) is 0 Å². The fraction of sp³-hybridized carbons (Fsp3) is 0.583. The third kappa shape index (κ3) is 3.08. The Hall–Kier alpha value is -1.33. The summed E-state index contributed by atoms with van der Waals surface area (Å²) in [5, 5.41) is 13.2. The Morgan fingerprint density at radius 3 is 3.24 bits per heavy atom. The van der Waals surface area contributed by atoms with Gasteiger partial charge in [-0.15, -0.1) is 0 Å². The van der Waals surface area contributed by atoms with Crippen molar-refractivity contribution in [3.63, 3.8) is 0 Å². The lowest BCUT2D eigenvalue weighted by Gasteiger charge is -2.21. The summed E-state index contributed by atoms with van der Waals surface area (Å²) >= 11 is 0. The molecule has 0 radical (unpaired) electrons. The molecule has 2 rings (SSSR count). The first kappa shape index (κ1) is 12.1. The van der Waals surface area contributed by atoms with Gasteiger partial charge in [0.1, 0.15) is 5.60 Å². The van der Waals surface area contributed by atoms with Crippen LogP contribution in [0.3, 0.4) is 0 Å². The molecular formula is C12H18N2O3. The Bertz CT molecular complexity index is 365. The summed E-state index contributed by atoms with van der Waals surface area (Å²) in [6, 6.07) is 3.68. The molecule has 0 saturated carbocycles. The molecule has 1 aliphatic rings. The fourth-order valence-electron chi connectivity index (χ4n) is 1.78. The van der Waals surface area contributed by atoms with Crippen molar-refractivity contribution in [2.75, 3.05) is 31.7 Å². The van der Waals surface area contributed by atoms with Crippen LogP contribution in [0.25, 0.3) is 0 Å². The Balaban J connectivity index is 1.98. The van der Waals surface area contributed by atoms with Gasteiger partial charge in [0, 0.05) is 25.8 Å². The first-order valence-electron chi connectivity index (χ1n) is 5.85. The second-order valence-electron chi connectivity index (χ2n) is 4.16. The van der Waals surface area contributed by atoms with Gasteiger partial charge in [-0.25, -0.2) is 4.98 Å². The average molecular weight is 238 g/mol. The maximum atomic E-state index is 10.1. The van der Waals surface area contributed by atoms with Crippen LogP contribution < -0.4 is 10.1 Å². The summed E-state index contributed by atoms with van der Waals surface area (Å²) in [5.74, 6) is 1.37. The molecule has 1 atom stereocenters. The summed E-state index contributed by atoms with van der Waals surface area (Å²) in [6.45, 7) is 3.92. The largest absolute Gasteiger partial charge is 0.490 e. The Morgan fingerprint density at radius 2 is 2.53 bits per heavy atom. The molecule has 1 fully saturated rings. The number of hydrogen-bond donors (Lipinski definition) is 2. The standard InChI is InChI=1S/C12H18N2O3/c1-2-17-10-4-3-6-13-11(10)14-8-12(15)5-7-16-9-12/h3-4,6,15H,2,5,7-9H2,1H3,(H,13,14). The van der Waals surface area contributed by atoms with Gasteiger partial charge in [0.25, 0.3) is 0 Å². The number of rotatable bonds is 5. The number of pyridine rings is 1. The van der Waals surface area contributed by atoms with Crippen molar-refractivity contribution in [1.82, 2.24) is 4.98 Å². The topological polar surface area (TPSA) is 63.6 Å². The van der Waals surface area contributed by atoms with Crippen LogP contribution in [0.5, 0.6) is 5.75 Å². The number of ether oxygens (including phenoxy) is 2. The van der Waals surface area contributed by atoms with E-state index in [4.69, 9.17) is 9.47 Å². The molecule has 1 aromatic rings. The lowest BCUT2D eigenvalue weighted by atomic mass is 10.0. The van der Waals surface area contributed by atoms with Gasteiger partial charge in [-0.05, 0) is 19.1 Å². The molecule has 1 saturated heterocycles. The molecule has 2 N–H and O–H groups in total. The van der Waals surface area contributed by atoms with E-state index >= 15 is 0 Å². The maximum absolute atomic E-state index is 10.1. The van der Waals surface area contributed by atoms with Gasteiger partial charge < -0.3 is 19.9 Å². The van der Waals surface area contributed by atoms with Crippen molar-refractivity contribution in [3.05, 3.63) is 18.3 Å². The molecule has 94 valence electrons. The van der Waals surface area contributed by atoms with Gasteiger partial charge in [-0.2, -0.15) is 0 Å². The van der Waals surface area contributed by atoms with Crippen molar-refractivity contribution in [1.29, 1.82) is 0 Å². The minimum Gasteiger partial charge on any atom is -0.490 e. The van der Waals surface area contributed by atoms with E-state index in [0.717, 1.165) is 0 Å². The molecular weight excluding hydrogens is 220 g/mol. The molecule has 1 aliphatic heterocycles. The summed E-state index contributed by atoms with van der Waals surface area (Å²) in [4.78, 5) is 4.20. The second-order valence-corrected chi connectivity index (χ2v) is 4.16. The van der Waals surface area contributed by atoms with Crippen LogP contribution in [-0.2, 0) is 4.74 Å². The number of nitrogens with zero attached hydrogens (tertiary/aromatic N) is 1. The molecule has 0 amide bonds. The van der Waals surface area contributed by atoms with Crippen LogP contribution in [0, 0.1) is 0 Å². The van der Waals surface area contributed by atoms with Gasteiger partial charge >= 0.3 is 0 Å². The summed E-state index contributed by atoms with van der Waals surface area (Å²) in [5.41, 5.74) is -0.791. The van der Waals surface area contributed by atoms with Crippen LogP contribution in [0.2, 0.25) is 0 Å². The summed E-state index contributed by atoms with van der Waals surface area (Å²) < 4.78 is 10.6. The molecule has 0 spiro atoms. The number of nitrogens with one attached hydrogen (secondary N) is 1. The number of aliphatic hydroxyl groups is 1. The molecule has 2 heterocycles. The van der Waals surface area contributed by atoms with Crippen molar-refractivity contribution >= 4 is 5.82 Å². The van der Waals surface area contributed by atoms with Gasteiger partial charge in [0.2, 0.25) is 0 Å². The van der Waals surface area contributed by atoms with Crippen molar-refractivity contribution in [3.8, 4) is 5.75 Å². The molecule has 0 aliphatic carbocycles. The highest BCUT2D eigenvalue weighted by molar-refractivity contribution is 5.49. The lowest BCUT2D eigenvalue weighted by Crippen LogP contribution is -2.37. The SMILES string of the molecule is CCOc1cccnc1NCC1(O)CCOC1. The number of hydrogen-bond acceptors (Lipinski definition) is 5. The maximum Gasteiger partial charge on any atom is 0.168 e. The Morgan fingerprint density at radius 1 is 1.65 bits per heavy atom. The van der Waals surface area contributed by atoms with E-state index < -0.39 is 5.60 Å². The van der Waals surface area contributed by atoms with Crippen molar-refractivity contribution in [2.45, 2.75) is 18.9 Å². The van der Waals surface area contributed by atoms with E-state index in [9.17, 15) is 5.11 Å². The van der Waals surface area contributed by atoms with Crippen molar-refractivity contribution < 1.29 is 14.6 Å². The minimum atomic E-state index is -0.791. The predicted octanol–water partition coefficient (Wildman–Crippen LogP) is 1.04. The molecule has 0 bridgehead atoms. The van der Waals surface area contributed by atoms with Gasteiger partial charge in [-0.1, -0.05) is 0 Å². The Labute approximate surface area is 101 Å². The molecule has 1 aromatic heterocycles. The van der Waals surface area contributed by atoms with E-state index in [-0.39, 0.29) is 0 Å². The van der Waals surface area contributed by atoms with E-state index in [1.54, 1.807) is 6.20 Å². The van der Waals surface area contributed by atoms with Crippen LogP contribution in [0.15, 0.2) is 18.3 Å². The molecule has 1 unspecified atom stereocenters. The zero-order chi connectivity index (χ0) is 12.1. The fourth-order valence-corrected chi connectivity index (χ4v) is 1.78. The highest BCUT2D eigenvalue weighted by atomic mass is 16.5. The zero-order valence-corrected chi connectivity index (χ0v) is 9.98. The van der Waals surface area contributed by atoms with Crippen LogP contribution >= 0.6 is 0 Å². The smallest absolute Gasteiger partial charge is 0.168 e. The normalized spacial score (nSPS) is 23.6. The van der Waals surface area contributed by atoms with Gasteiger partial charge in [0.05, 0.1) is 13.2 Å². The van der Waals surface area contributed by atoms with E-state index in [1.807, 2.05) is 19.1 Å². The zero-order valence-electron chi connectivity index (χ0n) is 9.98. The second kappa shape index (κ2) is 5.33. The molecule has 17 heavy (non-hydrogen) atoms. The highest BCUT2D eigenvalue weighted by Gasteiger charge is 2.32. The molecule has 5 heteroatoms. The van der Waals surface area contributed by atoms with Gasteiger partial charge in [0.15, 0.2) is 11.6 Å². The third-order valence-electron chi connectivity index (χ3n) is 2.74. The van der Waals surface area contributed by atoms with E-state index in [0.29, 0.717) is 44.4 Å². The minimum absolute atomic E-state index is 0.372. The Kier molecular flexibility index (Phi) is 3.81. The predicted molar refractivity (Wildman–Crippen MR) is 64.3 cm³/mol. The van der Waals surface area contributed by atoms with E-state index in [1.165, 1.54) is 0 Å². The first-order valence-corrected chi connectivity index (χ1v) is 5.85. The average Bonchev–Trinajstić information content (AvgIpc) is 2.76. The third-order valence-corrected chi connectivity index (χ3v) is 2.74. The number of aromatic nitrogens is 1. The monoisotopic (exact) mass is 238 g/mol. The van der Waals surface area contributed by atoms with Crippen LogP contribution in [0.1, 0.15) is 13.3 Å². The summed E-state index contributed by atoms with van der Waals surface area (Å²) in [6.07, 6.45) is 2.34. The highest BCUT2D eigenvalue weighted by Crippen LogP contribution is 2.23. The molecule has 5 nitrogen and oxygen atoms in total. The quantitative estimate of drug-likeness (QED) is 0.802. The van der Waals surface area contributed by atoms with E-state index in [2.05, 4.69) is 10.3 Å². The summed E-state index contributed by atoms with van der Waals surface area (Å²) in [7, 11) is 0. The molecule has 0 aromatic carbocycles.